The highest BCUT2D eigenvalue weighted by Crippen LogP contribution is 2.33. The number of H-pyrrole nitrogens is 1. The number of hydrogen-bond donors (Lipinski definition) is 1. The summed E-state index contributed by atoms with van der Waals surface area (Å²) in [6.07, 6.45) is 0. The van der Waals surface area contributed by atoms with Gasteiger partial charge in [0, 0.05) is 9.37 Å². The maximum absolute atomic E-state index is 8.84. The number of nitrogens with one attached hydrogen (secondary N) is 1. The van der Waals surface area contributed by atoms with E-state index >= 15 is 0 Å². The quantitative estimate of drug-likeness (QED) is 0.760. The molecule has 0 aliphatic rings. The van der Waals surface area contributed by atoms with Crippen LogP contribution in [0.5, 0.6) is 0 Å². The zero-order chi connectivity index (χ0) is 13.2. The molecule has 3 rings (SSSR count). The van der Waals surface area contributed by atoms with Crippen LogP contribution in [0.25, 0.3) is 11.0 Å². The first-order valence-electron chi connectivity index (χ1n) is 5.58. The van der Waals surface area contributed by atoms with Crippen molar-refractivity contribution in [2.75, 3.05) is 0 Å². The zero-order valence-corrected chi connectivity index (χ0v) is 12.1. The fraction of sp³-hybridized carbons (Fsp3) is 0. The van der Waals surface area contributed by atoms with Gasteiger partial charge < -0.3 is 4.98 Å². The Labute approximate surface area is 122 Å². The Morgan fingerprint density at radius 3 is 2.79 bits per heavy atom. The van der Waals surface area contributed by atoms with Crippen LogP contribution in [0.2, 0.25) is 0 Å². The van der Waals surface area contributed by atoms with Gasteiger partial charge in [-0.1, -0.05) is 23.9 Å². The summed E-state index contributed by atoms with van der Waals surface area (Å²) in [6, 6.07) is 15.6. The van der Waals surface area contributed by atoms with Crippen LogP contribution in [0.15, 0.2) is 57.0 Å². The first-order chi connectivity index (χ1) is 9.26. The highest BCUT2D eigenvalue weighted by atomic mass is 79.9. The standard InChI is InChI=1S/C14H8BrN3S/c15-10-7-9(8-16)5-6-13(10)19-14-17-11-3-1-2-4-12(11)18-14/h1-7H,(H,17,18). The topological polar surface area (TPSA) is 52.5 Å². The number of imidazole rings is 1. The summed E-state index contributed by atoms with van der Waals surface area (Å²) in [7, 11) is 0. The summed E-state index contributed by atoms with van der Waals surface area (Å²) < 4.78 is 0.900. The fourth-order valence-corrected chi connectivity index (χ4v) is 3.16. The van der Waals surface area contributed by atoms with Gasteiger partial charge in [-0.25, -0.2) is 4.98 Å². The highest BCUT2D eigenvalue weighted by molar-refractivity contribution is 9.10. The van der Waals surface area contributed by atoms with E-state index in [-0.39, 0.29) is 0 Å². The predicted octanol–water partition coefficient (Wildman–Crippen LogP) is 4.35. The van der Waals surface area contributed by atoms with Crippen molar-refractivity contribution in [3.63, 3.8) is 0 Å². The van der Waals surface area contributed by atoms with Crippen molar-refractivity contribution in [3.8, 4) is 6.07 Å². The average Bonchev–Trinajstić information content (AvgIpc) is 2.83. The van der Waals surface area contributed by atoms with Gasteiger partial charge in [0.1, 0.15) is 0 Å². The van der Waals surface area contributed by atoms with E-state index in [1.54, 1.807) is 6.07 Å². The smallest absolute Gasteiger partial charge is 0.171 e. The monoisotopic (exact) mass is 329 g/mol. The van der Waals surface area contributed by atoms with E-state index in [1.807, 2.05) is 36.4 Å². The molecule has 0 atom stereocenters. The van der Waals surface area contributed by atoms with E-state index in [0.717, 1.165) is 25.6 Å². The molecule has 92 valence electrons. The van der Waals surface area contributed by atoms with Gasteiger partial charge in [-0.2, -0.15) is 5.26 Å². The third-order valence-corrected chi connectivity index (χ3v) is 4.52. The van der Waals surface area contributed by atoms with E-state index in [4.69, 9.17) is 5.26 Å². The molecule has 2 aromatic carbocycles. The van der Waals surface area contributed by atoms with E-state index in [1.165, 1.54) is 11.8 Å². The van der Waals surface area contributed by atoms with Crippen LogP contribution in [0, 0.1) is 11.3 Å². The Bertz CT molecular complexity index is 756. The molecule has 0 saturated carbocycles. The first-order valence-corrected chi connectivity index (χ1v) is 7.19. The number of hydrogen-bond acceptors (Lipinski definition) is 3. The molecular formula is C14H8BrN3S. The van der Waals surface area contributed by atoms with Crippen LogP contribution in [-0.4, -0.2) is 9.97 Å². The van der Waals surface area contributed by atoms with Crippen molar-refractivity contribution in [3.05, 3.63) is 52.5 Å². The number of halogens is 1. The average molecular weight is 330 g/mol. The molecule has 3 nitrogen and oxygen atoms in total. The van der Waals surface area contributed by atoms with Crippen molar-refractivity contribution in [2.45, 2.75) is 10.1 Å². The van der Waals surface area contributed by atoms with Gasteiger partial charge in [0.25, 0.3) is 0 Å². The van der Waals surface area contributed by atoms with Crippen molar-refractivity contribution in [1.82, 2.24) is 9.97 Å². The van der Waals surface area contributed by atoms with Gasteiger partial charge >= 0.3 is 0 Å². The molecule has 0 aliphatic heterocycles. The normalized spacial score (nSPS) is 10.5. The number of aromatic amines is 1. The second-order valence-electron chi connectivity index (χ2n) is 3.92. The van der Waals surface area contributed by atoms with Crippen LogP contribution in [0.4, 0.5) is 0 Å². The van der Waals surface area contributed by atoms with Gasteiger partial charge in [-0.3, -0.25) is 0 Å². The molecule has 0 aliphatic carbocycles. The lowest BCUT2D eigenvalue weighted by Gasteiger charge is -2.01. The molecular weight excluding hydrogens is 322 g/mol. The summed E-state index contributed by atoms with van der Waals surface area (Å²) in [6.45, 7) is 0. The number of nitriles is 1. The van der Waals surface area contributed by atoms with Crippen molar-refractivity contribution in [2.24, 2.45) is 0 Å². The molecule has 0 saturated heterocycles. The highest BCUT2D eigenvalue weighted by Gasteiger charge is 2.07. The SMILES string of the molecule is N#Cc1ccc(Sc2nc3ccccc3[nH]2)c(Br)c1. The molecule has 0 radical (unpaired) electrons. The molecule has 0 bridgehead atoms. The Hall–Kier alpha value is -1.77. The maximum atomic E-state index is 8.84. The van der Waals surface area contributed by atoms with Crippen molar-refractivity contribution >= 4 is 38.7 Å². The lowest BCUT2D eigenvalue weighted by atomic mass is 10.2. The summed E-state index contributed by atoms with van der Waals surface area (Å²) in [5, 5.41) is 9.68. The number of aromatic nitrogens is 2. The van der Waals surface area contributed by atoms with Gasteiger partial charge in [0.05, 0.1) is 22.7 Å². The Morgan fingerprint density at radius 2 is 2.05 bits per heavy atom. The first kappa shape index (κ1) is 12.3. The number of rotatable bonds is 2. The lowest BCUT2D eigenvalue weighted by Crippen LogP contribution is -1.80. The molecule has 1 aromatic heterocycles. The van der Waals surface area contributed by atoms with Gasteiger partial charge in [-0.15, -0.1) is 0 Å². The third-order valence-electron chi connectivity index (χ3n) is 2.64. The summed E-state index contributed by atoms with van der Waals surface area (Å²) in [5.41, 5.74) is 2.62. The number of benzene rings is 2. The molecule has 0 fully saturated rings. The Balaban J connectivity index is 1.94. The largest absolute Gasteiger partial charge is 0.333 e. The van der Waals surface area contributed by atoms with Crippen LogP contribution >= 0.6 is 27.7 Å². The second kappa shape index (κ2) is 5.08. The predicted molar refractivity (Wildman–Crippen MR) is 79.1 cm³/mol. The van der Waals surface area contributed by atoms with E-state index < -0.39 is 0 Å². The summed E-state index contributed by atoms with van der Waals surface area (Å²) >= 11 is 5.01. The third kappa shape index (κ3) is 2.50. The molecule has 0 amide bonds. The molecule has 5 heteroatoms. The number of nitrogens with zero attached hydrogens (tertiary/aromatic N) is 2. The molecule has 0 spiro atoms. The van der Waals surface area contributed by atoms with Gasteiger partial charge in [0.15, 0.2) is 5.16 Å². The van der Waals surface area contributed by atoms with Crippen molar-refractivity contribution < 1.29 is 0 Å². The zero-order valence-electron chi connectivity index (χ0n) is 9.72. The summed E-state index contributed by atoms with van der Waals surface area (Å²) in [4.78, 5) is 8.81. The fourth-order valence-electron chi connectivity index (χ4n) is 1.74. The molecule has 19 heavy (non-hydrogen) atoms. The Kier molecular flexibility index (Phi) is 3.28. The minimum absolute atomic E-state index is 0.640. The van der Waals surface area contributed by atoms with Gasteiger partial charge in [-0.05, 0) is 46.3 Å². The maximum Gasteiger partial charge on any atom is 0.171 e. The number of para-hydroxylation sites is 2. The molecule has 1 heterocycles. The minimum atomic E-state index is 0.640. The van der Waals surface area contributed by atoms with Crippen LogP contribution in [0.3, 0.4) is 0 Å². The number of fused-ring (bicyclic) bond motifs is 1. The lowest BCUT2D eigenvalue weighted by molar-refractivity contribution is 1.08. The molecule has 0 unspecified atom stereocenters. The van der Waals surface area contributed by atoms with E-state index in [9.17, 15) is 0 Å². The summed E-state index contributed by atoms with van der Waals surface area (Å²) in [5.74, 6) is 0. The van der Waals surface area contributed by atoms with E-state index in [2.05, 4.69) is 32.0 Å². The Morgan fingerprint density at radius 1 is 1.21 bits per heavy atom. The molecule has 1 N–H and O–H groups in total. The van der Waals surface area contributed by atoms with Gasteiger partial charge in [0.2, 0.25) is 0 Å². The molecule has 3 aromatic rings. The minimum Gasteiger partial charge on any atom is -0.333 e. The van der Waals surface area contributed by atoms with Crippen LogP contribution in [-0.2, 0) is 0 Å². The van der Waals surface area contributed by atoms with Crippen LogP contribution in [0.1, 0.15) is 5.56 Å². The van der Waals surface area contributed by atoms with Crippen LogP contribution < -0.4 is 0 Å². The second-order valence-corrected chi connectivity index (χ2v) is 5.80. The van der Waals surface area contributed by atoms with E-state index in [0.29, 0.717) is 5.56 Å². The van der Waals surface area contributed by atoms with Crippen molar-refractivity contribution in [1.29, 1.82) is 5.26 Å².